The van der Waals surface area contributed by atoms with Crippen LogP contribution in [0.2, 0.25) is 5.02 Å². The molecule has 5 N–H and O–H groups in total. The van der Waals surface area contributed by atoms with Gasteiger partial charge in [-0.05, 0) is 50.3 Å². The number of piperidine rings is 1. The molecule has 2 unspecified atom stereocenters. The lowest BCUT2D eigenvalue weighted by atomic mass is 9.74. The summed E-state index contributed by atoms with van der Waals surface area (Å²) in [7, 11) is 1.85. The number of hydrogen-bond acceptors (Lipinski definition) is 6. The average Bonchev–Trinajstić information content (AvgIpc) is 3.30. The lowest BCUT2D eigenvalue weighted by Crippen LogP contribution is -2.45. The van der Waals surface area contributed by atoms with Crippen LogP contribution in [-0.2, 0) is 0 Å². The molecule has 1 aliphatic carbocycles. The molecule has 2 atom stereocenters. The summed E-state index contributed by atoms with van der Waals surface area (Å²) in [4.78, 5) is 9.58. The Balaban J connectivity index is 1.47. The molecular formula is C21H26ClN7. The molecule has 0 amide bonds. The lowest BCUT2D eigenvalue weighted by molar-refractivity contribution is 0.181. The molecular weight excluding hydrogens is 386 g/mol. The van der Waals surface area contributed by atoms with Crippen molar-refractivity contribution in [2.75, 3.05) is 25.5 Å². The Hall–Kier alpha value is -2.22. The first kappa shape index (κ1) is 18.8. The standard InChI is InChI=1S/C21H26ClN7/c1-24-14-4-2-3-13(17(14)22)18-19-20(29-28-18)27-15(11-26-19)12-9-16(23)21(10-12)5-7-25-8-6-21/h2-4,11-12,16,24-25H,5-10,23H2,1H3,(H,27,28,29). The minimum absolute atomic E-state index is 0.227. The van der Waals surface area contributed by atoms with E-state index in [2.05, 4.69) is 20.8 Å². The summed E-state index contributed by atoms with van der Waals surface area (Å²) in [6.45, 7) is 2.11. The van der Waals surface area contributed by atoms with E-state index in [1.807, 2.05) is 31.4 Å². The number of H-pyrrole nitrogens is 1. The number of anilines is 1. The number of nitrogens with one attached hydrogen (secondary N) is 3. The molecule has 152 valence electrons. The van der Waals surface area contributed by atoms with Gasteiger partial charge in [-0.2, -0.15) is 5.10 Å². The van der Waals surface area contributed by atoms with Crippen LogP contribution in [0.25, 0.3) is 22.4 Å². The highest BCUT2D eigenvalue weighted by atomic mass is 35.5. The fourth-order valence-electron chi connectivity index (χ4n) is 5.12. The maximum Gasteiger partial charge on any atom is 0.200 e. The zero-order chi connectivity index (χ0) is 20.0. The maximum atomic E-state index is 6.59. The third-order valence-electron chi connectivity index (χ3n) is 6.82. The molecule has 2 fully saturated rings. The largest absolute Gasteiger partial charge is 0.387 e. The summed E-state index contributed by atoms with van der Waals surface area (Å²) in [5, 5.41) is 14.7. The molecule has 3 aromatic rings. The second-order valence-corrected chi connectivity index (χ2v) is 8.72. The van der Waals surface area contributed by atoms with Crippen molar-refractivity contribution >= 4 is 28.5 Å². The lowest BCUT2D eigenvalue weighted by Gasteiger charge is -2.37. The summed E-state index contributed by atoms with van der Waals surface area (Å²) in [5.74, 6) is 0.344. The van der Waals surface area contributed by atoms with Gasteiger partial charge in [0.15, 0.2) is 0 Å². The Bertz CT molecular complexity index is 1040. The molecule has 0 radical (unpaired) electrons. The number of rotatable bonds is 3. The van der Waals surface area contributed by atoms with Gasteiger partial charge in [0.05, 0.1) is 22.1 Å². The molecule has 5 rings (SSSR count). The van der Waals surface area contributed by atoms with Crippen LogP contribution in [0.4, 0.5) is 5.69 Å². The number of aromatic amines is 1. The van der Waals surface area contributed by atoms with Crippen molar-refractivity contribution in [3.05, 3.63) is 35.1 Å². The van der Waals surface area contributed by atoms with Crippen LogP contribution in [0.5, 0.6) is 0 Å². The monoisotopic (exact) mass is 411 g/mol. The van der Waals surface area contributed by atoms with Crippen molar-refractivity contribution in [1.29, 1.82) is 0 Å². The second kappa shape index (κ2) is 7.23. The quantitative estimate of drug-likeness (QED) is 0.527. The normalized spacial score (nSPS) is 23.7. The first-order chi connectivity index (χ1) is 14.1. The van der Waals surface area contributed by atoms with Crippen molar-refractivity contribution in [2.45, 2.75) is 37.6 Å². The molecule has 1 saturated heterocycles. The van der Waals surface area contributed by atoms with E-state index in [-0.39, 0.29) is 11.5 Å². The number of halogens is 1. The van der Waals surface area contributed by atoms with Crippen molar-refractivity contribution in [1.82, 2.24) is 25.5 Å². The smallest absolute Gasteiger partial charge is 0.200 e. The highest BCUT2D eigenvalue weighted by Crippen LogP contribution is 2.50. The van der Waals surface area contributed by atoms with E-state index in [1.165, 1.54) is 0 Å². The minimum Gasteiger partial charge on any atom is -0.387 e. The number of hydrogen-bond donors (Lipinski definition) is 4. The molecule has 1 spiro atoms. The zero-order valence-corrected chi connectivity index (χ0v) is 17.3. The van der Waals surface area contributed by atoms with Crippen LogP contribution >= 0.6 is 11.6 Å². The van der Waals surface area contributed by atoms with E-state index >= 15 is 0 Å². The van der Waals surface area contributed by atoms with Gasteiger partial charge in [-0.15, -0.1) is 0 Å². The molecule has 7 nitrogen and oxygen atoms in total. The minimum atomic E-state index is 0.227. The molecule has 1 aliphatic heterocycles. The number of benzene rings is 1. The van der Waals surface area contributed by atoms with Gasteiger partial charge in [0.1, 0.15) is 5.52 Å². The number of nitrogens with zero attached hydrogens (tertiary/aromatic N) is 3. The van der Waals surface area contributed by atoms with Gasteiger partial charge in [-0.3, -0.25) is 5.10 Å². The van der Waals surface area contributed by atoms with Crippen molar-refractivity contribution in [2.24, 2.45) is 11.1 Å². The van der Waals surface area contributed by atoms with Crippen molar-refractivity contribution in [3.8, 4) is 11.3 Å². The van der Waals surface area contributed by atoms with Gasteiger partial charge < -0.3 is 16.4 Å². The summed E-state index contributed by atoms with van der Waals surface area (Å²) in [6.07, 6.45) is 6.24. The second-order valence-electron chi connectivity index (χ2n) is 8.34. The number of fused-ring (bicyclic) bond motifs is 1. The maximum absolute atomic E-state index is 6.59. The first-order valence-electron chi connectivity index (χ1n) is 10.3. The Kier molecular flexibility index (Phi) is 4.69. The van der Waals surface area contributed by atoms with Gasteiger partial charge in [0.25, 0.3) is 0 Å². The van der Waals surface area contributed by atoms with E-state index in [1.54, 1.807) is 0 Å². The topological polar surface area (TPSA) is 105 Å². The molecule has 29 heavy (non-hydrogen) atoms. The fraction of sp³-hybridized carbons (Fsp3) is 0.476. The molecule has 1 aromatic carbocycles. The first-order valence-corrected chi connectivity index (χ1v) is 10.6. The molecule has 1 saturated carbocycles. The summed E-state index contributed by atoms with van der Waals surface area (Å²) >= 11 is 6.56. The average molecular weight is 412 g/mol. The van der Waals surface area contributed by atoms with E-state index in [9.17, 15) is 0 Å². The highest BCUT2D eigenvalue weighted by molar-refractivity contribution is 6.36. The van der Waals surface area contributed by atoms with Gasteiger partial charge in [-0.1, -0.05) is 23.7 Å². The van der Waals surface area contributed by atoms with E-state index in [0.717, 1.165) is 66.9 Å². The van der Waals surface area contributed by atoms with E-state index in [0.29, 0.717) is 16.6 Å². The van der Waals surface area contributed by atoms with E-state index in [4.69, 9.17) is 27.3 Å². The van der Waals surface area contributed by atoms with E-state index < -0.39 is 0 Å². The summed E-state index contributed by atoms with van der Waals surface area (Å²) < 4.78 is 0. The van der Waals surface area contributed by atoms with Gasteiger partial charge >= 0.3 is 0 Å². The van der Waals surface area contributed by atoms with Gasteiger partial charge in [0.2, 0.25) is 5.65 Å². The predicted molar refractivity (Wildman–Crippen MR) is 116 cm³/mol. The van der Waals surface area contributed by atoms with Crippen LogP contribution in [0.1, 0.15) is 37.3 Å². The van der Waals surface area contributed by atoms with Crippen LogP contribution in [0.3, 0.4) is 0 Å². The van der Waals surface area contributed by atoms with Crippen LogP contribution in [-0.4, -0.2) is 46.3 Å². The van der Waals surface area contributed by atoms with Gasteiger partial charge in [0, 0.05) is 30.8 Å². The Morgan fingerprint density at radius 3 is 2.90 bits per heavy atom. The zero-order valence-electron chi connectivity index (χ0n) is 16.5. The molecule has 2 aliphatic rings. The molecule has 2 aromatic heterocycles. The predicted octanol–water partition coefficient (Wildman–Crippen LogP) is 3.29. The van der Waals surface area contributed by atoms with Gasteiger partial charge in [-0.25, -0.2) is 9.97 Å². The summed E-state index contributed by atoms with van der Waals surface area (Å²) in [5.41, 5.74) is 11.7. The van der Waals surface area contributed by atoms with Crippen molar-refractivity contribution < 1.29 is 0 Å². The third-order valence-corrected chi connectivity index (χ3v) is 7.22. The Morgan fingerprint density at radius 1 is 1.28 bits per heavy atom. The molecule has 8 heteroatoms. The third kappa shape index (κ3) is 3.08. The Morgan fingerprint density at radius 2 is 2.10 bits per heavy atom. The van der Waals surface area contributed by atoms with Crippen LogP contribution in [0.15, 0.2) is 24.4 Å². The highest BCUT2D eigenvalue weighted by Gasteiger charge is 2.46. The number of nitrogens with two attached hydrogens (primary N) is 1. The van der Waals surface area contributed by atoms with Crippen molar-refractivity contribution in [3.63, 3.8) is 0 Å². The fourth-order valence-corrected chi connectivity index (χ4v) is 5.43. The van der Waals surface area contributed by atoms with Crippen LogP contribution < -0.4 is 16.4 Å². The number of aromatic nitrogens is 4. The SMILES string of the molecule is CNc1cccc(-c2[nH]nc3nc(C4CC(N)C5(CCNCC5)C4)cnc23)c1Cl. The van der Waals surface area contributed by atoms with Crippen LogP contribution in [0, 0.1) is 5.41 Å². The Labute approximate surface area is 174 Å². The summed E-state index contributed by atoms with van der Waals surface area (Å²) in [6, 6.07) is 6.08. The molecule has 3 heterocycles. The molecule has 0 bridgehead atoms.